The fourth-order valence-electron chi connectivity index (χ4n) is 4.10. The van der Waals surface area contributed by atoms with Gasteiger partial charge in [-0.05, 0) is 66.2 Å². The average molecular weight is 510 g/mol. The Bertz CT molecular complexity index is 937. The van der Waals surface area contributed by atoms with Crippen molar-refractivity contribution < 1.29 is 22.3 Å². The van der Waals surface area contributed by atoms with Gasteiger partial charge >= 0.3 is 0 Å². The number of methoxy groups -OCH3 is 1. The van der Waals surface area contributed by atoms with E-state index in [-0.39, 0.29) is 11.8 Å². The molecule has 1 aliphatic heterocycles. The molecule has 1 aliphatic rings. The minimum Gasteiger partial charge on any atom is -0.467 e. The Morgan fingerprint density at radius 3 is 2.15 bits per heavy atom. The zero-order chi connectivity index (χ0) is 25.7. The van der Waals surface area contributed by atoms with Gasteiger partial charge in [0.05, 0.1) is 6.10 Å². The van der Waals surface area contributed by atoms with Gasteiger partial charge in [-0.1, -0.05) is 39.8 Å². The quantitative estimate of drug-likeness (QED) is 0.208. The summed E-state index contributed by atoms with van der Waals surface area (Å²) in [7, 11) is -4.19. The first-order valence-electron chi connectivity index (χ1n) is 12.0. The third kappa shape index (κ3) is 6.21. The van der Waals surface area contributed by atoms with E-state index in [2.05, 4.69) is 47.0 Å². The monoisotopic (exact) mass is 509 g/mol. The lowest BCUT2D eigenvalue weighted by Crippen LogP contribution is -2.45. The summed E-state index contributed by atoms with van der Waals surface area (Å²) in [6.07, 6.45) is 4.80. The van der Waals surface area contributed by atoms with Gasteiger partial charge in [0.2, 0.25) is 10.0 Å². The molecule has 1 aromatic carbocycles. The van der Waals surface area contributed by atoms with Gasteiger partial charge < -0.3 is 13.9 Å². The van der Waals surface area contributed by atoms with Crippen molar-refractivity contribution in [2.45, 2.75) is 76.4 Å². The highest BCUT2D eigenvalue weighted by Crippen LogP contribution is 2.44. The second kappa shape index (κ2) is 11.5. The molecular weight excluding hydrogens is 466 g/mol. The third-order valence-corrected chi connectivity index (χ3v) is 13.8. The van der Waals surface area contributed by atoms with Crippen molar-refractivity contribution >= 4 is 18.3 Å². The molecule has 0 amide bonds. The van der Waals surface area contributed by atoms with Gasteiger partial charge in [-0.25, -0.2) is 12.7 Å². The summed E-state index contributed by atoms with van der Waals surface area (Å²) in [5, 5.41) is -0.687. The highest BCUT2D eigenvalue weighted by Gasteiger charge is 2.48. The van der Waals surface area contributed by atoms with Crippen molar-refractivity contribution in [3.63, 3.8) is 0 Å². The SMILES string of the molecule is C=CCc1cc(C(O[Si](C)(C)C(C)(C)C)C2CCN(CC)S2(=O)=O)cc(CC=C)c1OCOC. The number of nitrogens with zero attached hydrogens (tertiary/aromatic N) is 1. The van der Waals surface area contributed by atoms with E-state index < -0.39 is 29.7 Å². The van der Waals surface area contributed by atoms with Crippen LogP contribution in [0.3, 0.4) is 0 Å². The lowest BCUT2D eigenvalue weighted by molar-refractivity contribution is 0.0498. The molecule has 0 aromatic heterocycles. The Morgan fingerprint density at radius 1 is 1.18 bits per heavy atom. The normalized spacial score (nSPS) is 19.7. The van der Waals surface area contributed by atoms with Crippen LogP contribution >= 0.6 is 0 Å². The van der Waals surface area contributed by atoms with Crippen LogP contribution in [0, 0.1) is 0 Å². The second-order valence-electron chi connectivity index (χ2n) is 10.4. The molecule has 0 bridgehead atoms. The zero-order valence-electron chi connectivity index (χ0n) is 22.0. The highest BCUT2D eigenvalue weighted by atomic mass is 32.2. The van der Waals surface area contributed by atoms with Crippen molar-refractivity contribution in [3.8, 4) is 5.75 Å². The molecular formula is C26H43NO5SSi. The molecule has 34 heavy (non-hydrogen) atoms. The summed E-state index contributed by atoms with van der Waals surface area (Å²) >= 11 is 0. The van der Waals surface area contributed by atoms with Crippen LogP contribution < -0.4 is 4.74 Å². The molecule has 192 valence electrons. The molecule has 0 radical (unpaired) electrons. The Balaban J connectivity index is 2.72. The molecule has 0 spiro atoms. The molecule has 1 fully saturated rings. The van der Waals surface area contributed by atoms with Crippen LogP contribution in [0.5, 0.6) is 5.75 Å². The molecule has 1 aromatic rings. The van der Waals surface area contributed by atoms with Crippen LogP contribution in [0.2, 0.25) is 18.1 Å². The van der Waals surface area contributed by atoms with Crippen LogP contribution in [0.25, 0.3) is 0 Å². The van der Waals surface area contributed by atoms with E-state index in [9.17, 15) is 8.42 Å². The molecule has 0 aliphatic carbocycles. The maximum atomic E-state index is 13.5. The molecule has 2 atom stereocenters. The Hall–Kier alpha value is -1.45. The maximum Gasteiger partial charge on any atom is 0.219 e. The first kappa shape index (κ1) is 28.8. The fraction of sp³-hybridized carbons (Fsp3) is 0.615. The maximum absolute atomic E-state index is 13.5. The summed E-state index contributed by atoms with van der Waals surface area (Å²) in [6.45, 7) is 21.7. The van der Waals surface area contributed by atoms with Crippen molar-refractivity contribution in [2.24, 2.45) is 0 Å². The second-order valence-corrected chi connectivity index (χ2v) is 17.3. The Kier molecular flexibility index (Phi) is 9.75. The number of allylic oxidation sites excluding steroid dienone is 2. The van der Waals surface area contributed by atoms with Gasteiger partial charge in [-0.15, -0.1) is 13.2 Å². The van der Waals surface area contributed by atoms with Crippen LogP contribution in [-0.4, -0.2) is 53.3 Å². The summed E-state index contributed by atoms with van der Waals surface area (Å²) in [4.78, 5) is 0. The summed E-state index contributed by atoms with van der Waals surface area (Å²) in [5.74, 6) is 0.737. The molecule has 2 unspecified atom stereocenters. The zero-order valence-corrected chi connectivity index (χ0v) is 23.8. The first-order chi connectivity index (χ1) is 15.8. The van der Waals surface area contributed by atoms with Crippen LogP contribution in [0.15, 0.2) is 37.4 Å². The smallest absolute Gasteiger partial charge is 0.219 e. The Morgan fingerprint density at radius 2 is 1.74 bits per heavy atom. The van der Waals surface area contributed by atoms with Gasteiger partial charge in [-0.3, -0.25) is 0 Å². The third-order valence-electron chi connectivity index (χ3n) is 6.97. The number of sulfonamides is 1. The standard InChI is InChI=1S/C26H43NO5SSi/c1-10-13-20-17-22(18-21(14-11-2)24(20)31-19-30-7)25(32-34(8,9)26(4,5)6)23-15-16-27(12-3)33(23,28)29/h10-11,17-18,23,25H,1-2,12-16,19H2,3-9H3. The van der Waals surface area contributed by atoms with E-state index in [1.165, 1.54) is 0 Å². The van der Waals surface area contributed by atoms with E-state index in [4.69, 9.17) is 13.9 Å². The molecule has 1 saturated heterocycles. The van der Waals surface area contributed by atoms with Gasteiger partial charge in [-0.2, -0.15) is 0 Å². The largest absolute Gasteiger partial charge is 0.467 e. The first-order valence-corrected chi connectivity index (χ1v) is 16.4. The number of rotatable bonds is 12. The lowest BCUT2D eigenvalue weighted by Gasteiger charge is -2.41. The Labute approximate surface area is 208 Å². The molecule has 2 rings (SSSR count). The predicted octanol–water partition coefficient (Wildman–Crippen LogP) is 5.61. The van der Waals surface area contributed by atoms with Crippen LogP contribution in [-0.2, 0) is 32.0 Å². The minimum absolute atomic E-state index is 0.0620. The van der Waals surface area contributed by atoms with Crippen LogP contribution in [0.4, 0.5) is 0 Å². The lowest BCUT2D eigenvalue weighted by atomic mass is 9.95. The number of hydrogen-bond donors (Lipinski definition) is 0. The summed E-state index contributed by atoms with van der Waals surface area (Å²) in [5.41, 5.74) is 2.75. The minimum atomic E-state index is -3.48. The van der Waals surface area contributed by atoms with Gasteiger partial charge in [0.1, 0.15) is 11.0 Å². The average Bonchev–Trinajstić information content (AvgIpc) is 3.04. The molecule has 0 N–H and O–H groups in total. The van der Waals surface area contributed by atoms with Gasteiger partial charge in [0.15, 0.2) is 15.1 Å². The highest BCUT2D eigenvalue weighted by molar-refractivity contribution is 7.90. The number of hydrogen-bond acceptors (Lipinski definition) is 5. The number of ether oxygens (including phenoxy) is 2. The molecule has 0 saturated carbocycles. The van der Waals surface area contributed by atoms with Crippen molar-refractivity contribution in [2.75, 3.05) is 27.0 Å². The summed E-state index contributed by atoms with van der Waals surface area (Å²) < 4.78 is 46.5. The van der Waals surface area contributed by atoms with Crippen molar-refractivity contribution in [1.82, 2.24) is 4.31 Å². The summed E-state index contributed by atoms with van der Waals surface area (Å²) in [6, 6.07) is 4.06. The van der Waals surface area contributed by atoms with E-state index in [0.717, 1.165) is 22.4 Å². The molecule has 1 heterocycles. The van der Waals surface area contributed by atoms with Crippen molar-refractivity contribution in [1.29, 1.82) is 0 Å². The molecule has 6 nitrogen and oxygen atoms in total. The van der Waals surface area contributed by atoms with E-state index >= 15 is 0 Å². The van der Waals surface area contributed by atoms with Crippen LogP contribution in [0.1, 0.15) is 56.9 Å². The van der Waals surface area contributed by atoms with Gasteiger partial charge in [0, 0.05) is 20.2 Å². The molecule has 8 heteroatoms. The number of benzene rings is 1. The van der Waals surface area contributed by atoms with E-state index in [0.29, 0.717) is 32.4 Å². The van der Waals surface area contributed by atoms with Gasteiger partial charge in [0.25, 0.3) is 0 Å². The predicted molar refractivity (Wildman–Crippen MR) is 142 cm³/mol. The van der Waals surface area contributed by atoms with E-state index in [1.54, 1.807) is 11.4 Å². The topological polar surface area (TPSA) is 65.1 Å². The van der Waals surface area contributed by atoms with Crippen molar-refractivity contribution in [3.05, 3.63) is 54.1 Å². The fourth-order valence-corrected chi connectivity index (χ4v) is 7.52. The van der Waals surface area contributed by atoms with E-state index in [1.807, 2.05) is 31.2 Å².